The molecule has 10 nitrogen and oxygen atoms in total. The summed E-state index contributed by atoms with van der Waals surface area (Å²) in [5.41, 5.74) is 2.63. The number of ketones is 1. The van der Waals surface area contributed by atoms with Crippen molar-refractivity contribution in [3.63, 3.8) is 0 Å². The number of nitrogens with zero attached hydrogens (tertiary/aromatic N) is 1. The Morgan fingerprint density at radius 2 is 1.89 bits per heavy atom. The third-order valence-corrected chi connectivity index (χ3v) is 7.01. The van der Waals surface area contributed by atoms with Gasteiger partial charge in [0.25, 0.3) is 0 Å². The van der Waals surface area contributed by atoms with Crippen LogP contribution in [0.15, 0.2) is 0 Å². The van der Waals surface area contributed by atoms with Crippen LogP contribution in [0.25, 0.3) is 0 Å². The average molecular weight is 523 g/mol. The zero-order valence-electron chi connectivity index (χ0n) is 21.1. The molecule has 2 aliphatic heterocycles. The molecule has 4 atom stereocenters. The molecule has 2 fully saturated rings. The molecule has 0 aromatic heterocycles. The van der Waals surface area contributed by atoms with Crippen molar-refractivity contribution in [3.05, 3.63) is 0 Å². The maximum atomic E-state index is 13.5. The standard InChI is InChI=1S/C23H37F3N4O6/c1-13(2)15(17(32)23(24,25)26)29-19(34)22(8-6-9-28-22)18(33)16(27)21(3,4)20(35)36-12-11-30-10-5-7-14(30)31/h13,15-17,28,32H,5-12,27H2,1-4H3,(H,29,34)/t15?,16-,17?,22+/m1/s1. The molecule has 2 heterocycles. The Balaban J connectivity index is 2.15. The second-order valence-electron chi connectivity index (χ2n) is 10.3. The summed E-state index contributed by atoms with van der Waals surface area (Å²) < 4.78 is 44.7. The normalized spacial score (nSPS) is 23.5. The molecule has 0 spiro atoms. The first-order valence-electron chi connectivity index (χ1n) is 12.1. The van der Waals surface area contributed by atoms with Crippen molar-refractivity contribution in [2.75, 3.05) is 26.2 Å². The Labute approximate surface area is 208 Å². The molecule has 206 valence electrons. The number of nitrogens with one attached hydrogen (secondary N) is 2. The molecular formula is C23H37F3N4O6. The Morgan fingerprint density at radius 3 is 2.36 bits per heavy atom. The number of alkyl halides is 3. The van der Waals surface area contributed by atoms with Crippen molar-refractivity contribution in [1.29, 1.82) is 0 Å². The Kier molecular flexibility index (Phi) is 9.52. The van der Waals surface area contributed by atoms with Crippen LogP contribution in [-0.2, 0) is 23.9 Å². The number of aliphatic hydroxyl groups excluding tert-OH is 1. The van der Waals surface area contributed by atoms with E-state index in [4.69, 9.17) is 10.5 Å². The van der Waals surface area contributed by atoms with Crippen LogP contribution in [0.4, 0.5) is 13.2 Å². The van der Waals surface area contributed by atoms with Gasteiger partial charge in [-0.05, 0) is 45.6 Å². The number of carbonyl (C=O) groups is 4. The number of Topliss-reactive ketones (excluding diaryl/α,β-unsaturated/α-hetero) is 1. The van der Waals surface area contributed by atoms with Crippen LogP contribution in [0, 0.1) is 11.3 Å². The third-order valence-electron chi connectivity index (χ3n) is 7.01. The van der Waals surface area contributed by atoms with Gasteiger partial charge in [-0.1, -0.05) is 13.8 Å². The molecule has 0 bridgehead atoms. The van der Waals surface area contributed by atoms with Crippen molar-refractivity contribution < 1.29 is 42.2 Å². The highest BCUT2D eigenvalue weighted by atomic mass is 19.4. The molecule has 13 heteroatoms. The fourth-order valence-corrected chi connectivity index (χ4v) is 4.44. The van der Waals surface area contributed by atoms with Gasteiger partial charge in [-0.2, -0.15) is 13.2 Å². The first kappa shape index (κ1) is 30.0. The zero-order valence-corrected chi connectivity index (χ0v) is 21.1. The van der Waals surface area contributed by atoms with E-state index in [0.29, 0.717) is 19.4 Å². The second kappa shape index (κ2) is 11.4. The maximum Gasteiger partial charge on any atom is 0.416 e. The minimum Gasteiger partial charge on any atom is -0.463 e. The zero-order chi connectivity index (χ0) is 27.5. The number of carbonyl (C=O) groups excluding carboxylic acids is 4. The topological polar surface area (TPSA) is 151 Å². The molecule has 2 rings (SSSR count). The van der Waals surface area contributed by atoms with E-state index in [0.717, 1.165) is 6.42 Å². The number of aliphatic hydroxyl groups is 1. The van der Waals surface area contributed by atoms with Crippen molar-refractivity contribution in [1.82, 2.24) is 15.5 Å². The van der Waals surface area contributed by atoms with Gasteiger partial charge in [0, 0.05) is 13.0 Å². The van der Waals surface area contributed by atoms with Gasteiger partial charge in [0.15, 0.2) is 17.4 Å². The summed E-state index contributed by atoms with van der Waals surface area (Å²) in [5.74, 6) is -3.55. The Bertz CT molecular complexity index is 842. The monoisotopic (exact) mass is 522 g/mol. The molecule has 0 aromatic carbocycles. The van der Waals surface area contributed by atoms with E-state index in [1.807, 2.05) is 0 Å². The third kappa shape index (κ3) is 6.35. The molecule has 5 N–H and O–H groups in total. The van der Waals surface area contributed by atoms with E-state index in [1.165, 1.54) is 27.7 Å². The smallest absolute Gasteiger partial charge is 0.416 e. The van der Waals surface area contributed by atoms with E-state index in [2.05, 4.69) is 10.6 Å². The first-order valence-corrected chi connectivity index (χ1v) is 12.1. The molecule has 2 saturated heterocycles. The lowest BCUT2D eigenvalue weighted by Gasteiger charge is -2.37. The van der Waals surface area contributed by atoms with Crippen LogP contribution in [0.1, 0.15) is 53.4 Å². The van der Waals surface area contributed by atoms with Crippen LogP contribution in [0.2, 0.25) is 0 Å². The number of nitrogens with two attached hydrogens (primary N) is 1. The molecule has 0 saturated carbocycles. The van der Waals surface area contributed by atoms with Crippen molar-refractivity contribution >= 4 is 23.6 Å². The Hall–Kier alpha value is -2.25. The summed E-state index contributed by atoms with van der Waals surface area (Å²) in [6.45, 7) is 6.47. The van der Waals surface area contributed by atoms with Crippen LogP contribution >= 0.6 is 0 Å². The number of likely N-dealkylation sites (tertiary alicyclic amines) is 1. The largest absolute Gasteiger partial charge is 0.463 e. The molecular weight excluding hydrogens is 485 g/mol. The molecule has 2 unspecified atom stereocenters. The molecule has 0 radical (unpaired) electrons. The molecule has 0 aromatic rings. The van der Waals surface area contributed by atoms with Crippen LogP contribution < -0.4 is 16.4 Å². The highest BCUT2D eigenvalue weighted by Crippen LogP contribution is 2.31. The van der Waals surface area contributed by atoms with Gasteiger partial charge in [-0.3, -0.25) is 24.5 Å². The maximum absolute atomic E-state index is 13.5. The fourth-order valence-electron chi connectivity index (χ4n) is 4.44. The van der Waals surface area contributed by atoms with Crippen LogP contribution in [0.3, 0.4) is 0 Å². The number of hydrogen-bond donors (Lipinski definition) is 4. The summed E-state index contributed by atoms with van der Waals surface area (Å²) in [6, 6.07) is -3.23. The van der Waals surface area contributed by atoms with Gasteiger partial charge >= 0.3 is 12.1 Å². The van der Waals surface area contributed by atoms with E-state index in [9.17, 15) is 37.5 Å². The molecule has 2 amide bonds. The van der Waals surface area contributed by atoms with Gasteiger partial charge in [0.2, 0.25) is 11.8 Å². The lowest BCUT2D eigenvalue weighted by Crippen LogP contribution is -2.68. The van der Waals surface area contributed by atoms with Gasteiger partial charge in [0.05, 0.1) is 24.0 Å². The number of amides is 2. The SMILES string of the molecule is CC(C)C(NC(=O)[C@@]1(C(=O)[C@@H](N)C(C)(C)C(=O)OCCN2CCCC2=O)CCCN1)C(O)C(F)(F)F. The van der Waals surface area contributed by atoms with E-state index < -0.39 is 58.9 Å². The summed E-state index contributed by atoms with van der Waals surface area (Å²) >= 11 is 0. The molecule has 36 heavy (non-hydrogen) atoms. The predicted molar refractivity (Wildman–Crippen MR) is 122 cm³/mol. The van der Waals surface area contributed by atoms with Crippen LogP contribution in [-0.4, -0.2) is 89.7 Å². The van der Waals surface area contributed by atoms with Gasteiger partial charge in [-0.15, -0.1) is 0 Å². The van der Waals surface area contributed by atoms with Gasteiger partial charge in [0.1, 0.15) is 6.61 Å². The highest BCUT2D eigenvalue weighted by molar-refractivity contribution is 6.14. The Morgan fingerprint density at radius 1 is 1.25 bits per heavy atom. The predicted octanol–water partition coefficient (Wildman–Crippen LogP) is 0.261. The summed E-state index contributed by atoms with van der Waals surface area (Å²) in [5, 5.41) is 14.7. The molecule has 2 aliphatic rings. The van der Waals surface area contributed by atoms with E-state index >= 15 is 0 Å². The average Bonchev–Trinajstić information content (AvgIpc) is 3.45. The van der Waals surface area contributed by atoms with E-state index in [1.54, 1.807) is 4.90 Å². The lowest BCUT2D eigenvalue weighted by molar-refractivity contribution is -0.215. The van der Waals surface area contributed by atoms with Gasteiger partial charge < -0.3 is 25.8 Å². The van der Waals surface area contributed by atoms with Gasteiger partial charge in [-0.25, -0.2) is 0 Å². The van der Waals surface area contributed by atoms with Crippen molar-refractivity contribution in [2.24, 2.45) is 17.1 Å². The quantitative estimate of drug-likeness (QED) is 0.223. The molecule has 0 aliphatic carbocycles. The summed E-state index contributed by atoms with van der Waals surface area (Å²) in [7, 11) is 0. The van der Waals surface area contributed by atoms with E-state index in [-0.39, 0.29) is 32.0 Å². The minimum absolute atomic E-state index is 0.0345. The first-order chi connectivity index (χ1) is 16.6. The highest BCUT2D eigenvalue weighted by Gasteiger charge is 2.55. The number of esters is 1. The van der Waals surface area contributed by atoms with Crippen molar-refractivity contribution in [3.8, 4) is 0 Å². The van der Waals surface area contributed by atoms with Crippen LogP contribution in [0.5, 0.6) is 0 Å². The summed E-state index contributed by atoms with van der Waals surface area (Å²) in [6.07, 6.45) is -6.32. The minimum atomic E-state index is -4.98. The lowest BCUT2D eigenvalue weighted by atomic mass is 9.75. The summed E-state index contributed by atoms with van der Waals surface area (Å²) in [4.78, 5) is 52.8. The number of hydrogen-bond acceptors (Lipinski definition) is 8. The number of ether oxygens (including phenoxy) is 1. The second-order valence-corrected chi connectivity index (χ2v) is 10.3. The fraction of sp³-hybridized carbons (Fsp3) is 0.826. The number of halogens is 3. The number of rotatable bonds is 11. The van der Waals surface area contributed by atoms with Crippen molar-refractivity contribution in [2.45, 2.75) is 83.3 Å².